The third-order valence-electron chi connectivity index (χ3n) is 4.38. The van der Waals surface area contributed by atoms with E-state index in [1.54, 1.807) is 12.1 Å². The largest absolute Gasteiger partial charge is 0.391 e. The lowest BCUT2D eigenvalue weighted by atomic mass is 9.85. The van der Waals surface area contributed by atoms with Gasteiger partial charge in [-0.05, 0) is 38.6 Å². The summed E-state index contributed by atoms with van der Waals surface area (Å²) in [6.45, 7) is 9.91. The van der Waals surface area contributed by atoms with Gasteiger partial charge in [0, 0.05) is 22.5 Å². The van der Waals surface area contributed by atoms with E-state index in [4.69, 9.17) is 11.6 Å². The molecule has 1 rings (SSSR count). The van der Waals surface area contributed by atoms with Gasteiger partial charge in [0.25, 0.3) is 0 Å². The summed E-state index contributed by atoms with van der Waals surface area (Å²) in [6.07, 6.45) is 0.357. The summed E-state index contributed by atoms with van der Waals surface area (Å²) < 4.78 is 13.9. The molecule has 4 heteroatoms. The second-order valence-corrected chi connectivity index (χ2v) is 5.71. The summed E-state index contributed by atoms with van der Waals surface area (Å²) >= 11 is 6.05. The molecule has 0 spiro atoms. The molecule has 2 unspecified atom stereocenters. The molecule has 1 aromatic carbocycles. The van der Waals surface area contributed by atoms with E-state index in [0.717, 1.165) is 19.5 Å². The van der Waals surface area contributed by atoms with Gasteiger partial charge in [-0.3, -0.25) is 4.90 Å². The highest BCUT2D eigenvalue weighted by Gasteiger charge is 2.36. The fourth-order valence-electron chi connectivity index (χ4n) is 2.76. The van der Waals surface area contributed by atoms with E-state index in [-0.39, 0.29) is 17.8 Å². The zero-order valence-electron chi connectivity index (χ0n) is 12.8. The van der Waals surface area contributed by atoms with Gasteiger partial charge in [-0.2, -0.15) is 0 Å². The Morgan fingerprint density at radius 2 is 1.90 bits per heavy atom. The number of aliphatic hydroxyl groups is 1. The van der Waals surface area contributed by atoms with E-state index in [9.17, 15) is 9.50 Å². The molecule has 0 saturated heterocycles. The van der Waals surface area contributed by atoms with Gasteiger partial charge in [-0.15, -0.1) is 0 Å². The van der Waals surface area contributed by atoms with E-state index in [0.29, 0.717) is 10.6 Å². The Hall–Kier alpha value is -0.640. The van der Waals surface area contributed by atoms with Crippen LogP contribution < -0.4 is 0 Å². The Kier molecular flexibility index (Phi) is 6.44. The summed E-state index contributed by atoms with van der Waals surface area (Å²) in [6, 6.07) is 4.62. The van der Waals surface area contributed by atoms with E-state index < -0.39 is 6.10 Å². The predicted octanol–water partition coefficient (Wildman–Crippen LogP) is 3.89. The molecule has 0 bridgehead atoms. The molecule has 2 nitrogen and oxygen atoms in total. The van der Waals surface area contributed by atoms with E-state index >= 15 is 0 Å². The van der Waals surface area contributed by atoms with Crippen LogP contribution in [0.15, 0.2) is 18.2 Å². The van der Waals surface area contributed by atoms with Crippen molar-refractivity contribution in [2.45, 2.75) is 52.2 Å². The molecule has 0 aliphatic heterocycles. The van der Waals surface area contributed by atoms with Gasteiger partial charge < -0.3 is 5.11 Å². The van der Waals surface area contributed by atoms with Gasteiger partial charge in [-0.1, -0.05) is 38.4 Å². The lowest BCUT2D eigenvalue weighted by molar-refractivity contribution is -0.0193. The standard InChI is InChI=1S/C16H25ClFNO/c1-5-16(4,19(6-2)7-3)15(20)11-12-13(17)9-8-10-14(12)18/h8-10,15,20H,5-7,11H2,1-4H3. The molecule has 0 radical (unpaired) electrons. The number of aliphatic hydroxyl groups excluding tert-OH is 1. The Morgan fingerprint density at radius 3 is 2.35 bits per heavy atom. The Balaban J connectivity index is 3.01. The van der Waals surface area contributed by atoms with E-state index in [1.807, 2.05) is 13.8 Å². The van der Waals surface area contributed by atoms with Gasteiger partial charge in [0.2, 0.25) is 0 Å². The van der Waals surface area contributed by atoms with Crippen LogP contribution in [0.1, 0.15) is 39.7 Å². The van der Waals surface area contributed by atoms with Crippen molar-refractivity contribution in [2.75, 3.05) is 13.1 Å². The van der Waals surface area contributed by atoms with Crippen LogP contribution in [-0.4, -0.2) is 34.7 Å². The molecule has 0 aromatic heterocycles. The molecule has 114 valence electrons. The quantitative estimate of drug-likeness (QED) is 0.826. The molecule has 0 amide bonds. The second kappa shape index (κ2) is 7.39. The molecular formula is C16H25ClFNO. The van der Waals surface area contributed by atoms with Crippen molar-refractivity contribution in [2.24, 2.45) is 0 Å². The molecule has 1 N–H and O–H groups in total. The average Bonchev–Trinajstić information content (AvgIpc) is 2.43. The first-order valence-electron chi connectivity index (χ1n) is 7.26. The summed E-state index contributed by atoms with van der Waals surface area (Å²) in [5.74, 6) is -0.352. The summed E-state index contributed by atoms with van der Waals surface area (Å²) in [5, 5.41) is 11.0. The topological polar surface area (TPSA) is 23.5 Å². The lowest BCUT2D eigenvalue weighted by Crippen LogP contribution is -2.55. The van der Waals surface area contributed by atoms with Crippen LogP contribution >= 0.6 is 11.6 Å². The van der Waals surface area contributed by atoms with Gasteiger partial charge in [-0.25, -0.2) is 4.39 Å². The van der Waals surface area contributed by atoms with Crippen LogP contribution in [0.4, 0.5) is 4.39 Å². The number of nitrogens with zero attached hydrogens (tertiary/aromatic N) is 1. The first kappa shape index (κ1) is 17.4. The zero-order chi connectivity index (χ0) is 15.3. The maximum absolute atomic E-state index is 13.9. The highest BCUT2D eigenvalue weighted by molar-refractivity contribution is 6.31. The number of rotatable bonds is 7. The highest BCUT2D eigenvalue weighted by atomic mass is 35.5. The van der Waals surface area contributed by atoms with Crippen LogP contribution in [0.5, 0.6) is 0 Å². The summed E-state index contributed by atoms with van der Waals surface area (Å²) in [7, 11) is 0. The Bertz CT molecular complexity index is 416. The van der Waals surface area contributed by atoms with Crippen LogP contribution in [0.25, 0.3) is 0 Å². The molecule has 20 heavy (non-hydrogen) atoms. The monoisotopic (exact) mass is 301 g/mol. The molecule has 0 saturated carbocycles. The third kappa shape index (κ3) is 3.51. The highest BCUT2D eigenvalue weighted by Crippen LogP contribution is 2.29. The normalized spacial score (nSPS) is 16.2. The minimum Gasteiger partial charge on any atom is -0.391 e. The molecule has 2 atom stereocenters. The minimum atomic E-state index is -0.665. The fraction of sp³-hybridized carbons (Fsp3) is 0.625. The number of hydrogen-bond donors (Lipinski definition) is 1. The smallest absolute Gasteiger partial charge is 0.127 e. The fourth-order valence-corrected chi connectivity index (χ4v) is 3.00. The van der Waals surface area contributed by atoms with Gasteiger partial charge >= 0.3 is 0 Å². The first-order valence-corrected chi connectivity index (χ1v) is 7.64. The van der Waals surface area contributed by atoms with Crippen molar-refractivity contribution in [3.63, 3.8) is 0 Å². The Morgan fingerprint density at radius 1 is 1.30 bits per heavy atom. The van der Waals surface area contributed by atoms with Gasteiger partial charge in [0.15, 0.2) is 0 Å². The lowest BCUT2D eigenvalue weighted by Gasteiger charge is -2.43. The van der Waals surface area contributed by atoms with Crippen LogP contribution in [0.3, 0.4) is 0 Å². The molecule has 0 heterocycles. The minimum absolute atomic E-state index is 0.229. The third-order valence-corrected chi connectivity index (χ3v) is 4.73. The SMILES string of the molecule is CCN(CC)C(C)(CC)C(O)Cc1c(F)cccc1Cl. The van der Waals surface area contributed by atoms with Crippen molar-refractivity contribution in [1.29, 1.82) is 0 Å². The predicted molar refractivity (Wildman–Crippen MR) is 82.7 cm³/mol. The van der Waals surface area contributed by atoms with Crippen LogP contribution in [0.2, 0.25) is 5.02 Å². The summed E-state index contributed by atoms with van der Waals surface area (Å²) in [4.78, 5) is 2.21. The number of likely N-dealkylation sites (N-methyl/N-ethyl adjacent to an activating group) is 1. The van der Waals surface area contributed by atoms with Gasteiger partial charge in [0.05, 0.1) is 6.10 Å². The van der Waals surface area contributed by atoms with Crippen molar-refractivity contribution in [3.8, 4) is 0 Å². The number of halogens is 2. The Labute approximate surface area is 126 Å². The second-order valence-electron chi connectivity index (χ2n) is 5.30. The average molecular weight is 302 g/mol. The summed E-state index contributed by atoms with van der Waals surface area (Å²) in [5.41, 5.74) is 0.0169. The van der Waals surface area contributed by atoms with Crippen LogP contribution in [0, 0.1) is 5.82 Å². The molecular weight excluding hydrogens is 277 g/mol. The maximum Gasteiger partial charge on any atom is 0.127 e. The molecule has 0 fully saturated rings. The van der Waals surface area contributed by atoms with E-state index in [2.05, 4.69) is 18.7 Å². The number of benzene rings is 1. The van der Waals surface area contributed by atoms with Gasteiger partial charge in [0.1, 0.15) is 5.82 Å². The molecule has 1 aromatic rings. The van der Waals surface area contributed by atoms with Crippen molar-refractivity contribution in [3.05, 3.63) is 34.6 Å². The van der Waals surface area contributed by atoms with Crippen molar-refractivity contribution < 1.29 is 9.50 Å². The number of hydrogen-bond acceptors (Lipinski definition) is 2. The molecule has 0 aliphatic rings. The van der Waals surface area contributed by atoms with Crippen LogP contribution in [-0.2, 0) is 6.42 Å². The first-order chi connectivity index (χ1) is 9.40. The molecule has 0 aliphatic carbocycles. The zero-order valence-corrected chi connectivity index (χ0v) is 13.5. The van der Waals surface area contributed by atoms with Crippen molar-refractivity contribution in [1.82, 2.24) is 4.90 Å². The maximum atomic E-state index is 13.9. The van der Waals surface area contributed by atoms with E-state index in [1.165, 1.54) is 6.07 Å². The van der Waals surface area contributed by atoms with Crippen molar-refractivity contribution >= 4 is 11.6 Å².